The van der Waals surface area contributed by atoms with Crippen LogP contribution in [0.1, 0.15) is 17.5 Å². The highest BCUT2D eigenvalue weighted by atomic mass is 35.5. The quantitative estimate of drug-likeness (QED) is 0.624. The molecular weight excluding hydrogens is 300 g/mol. The highest BCUT2D eigenvalue weighted by Gasteiger charge is 2.07. The third-order valence-electron chi connectivity index (χ3n) is 2.79. The molecule has 0 aliphatic carbocycles. The topological polar surface area (TPSA) is 39.2 Å². The van der Waals surface area contributed by atoms with Crippen molar-refractivity contribution in [2.24, 2.45) is 0 Å². The molecule has 0 saturated carbocycles. The number of nitrogens with zero attached hydrogens (tertiary/aromatic N) is 1. The van der Waals surface area contributed by atoms with E-state index in [2.05, 4.69) is 4.98 Å². The van der Waals surface area contributed by atoms with Crippen molar-refractivity contribution in [3.05, 3.63) is 64.4 Å². The van der Waals surface area contributed by atoms with E-state index in [9.17, 15) is 13.6 Å². The molecule has 0 bridgehead atoms. The van der Waals surface area contributed by atoms with E-state index in [1.807, 2.05) is 0 Å². The van der Waals surface area contributed by atoms with Crippen LogP contribution in [-0.2, 0) is 22.6 Å². The molecule has 0 spiro atoms. The van der Waals surface area contributed by atoms with Gasteiger partial charge in [0.25, 0.3) is 0 Å². The Morgan fingerprint density at radius 3 is 2.57 bits per heavy atom. The number of hydrogen-bond donors (Lipinski definition) is 0. The number of ether oxygens (including phenoxy) is 1. The molecule has 3 nitrogen and oxygen atoms in total. The fourth-order valence-corrected chi connectivity index (χ4v) is 1.78. The van der Waals surface area contributed by atoms with Crippen molar-refractivity contribution in [1.82, 2.24) is 4.98 Å². The summed E-state index contributed by atoms with van der Waals surface area (Å²) in [5, 5.41) is 0.364. The maximum absolute atomic E-state index is 13.0. The molecular formula is C15H12ClF2NO2. The first-order chi connectivity index (χ1) is 10.0. The first-order valence-corrected chi connectivity index (χ1v) is 6.62. The third kappa shape index (κ3) is 4.79. The summed E-state index contributed by atoms with van der Waals surface area (Å²) in [6.07, 6.45) is 1.89. The van der Waals surface area contributed by atoms with Crippen LogP contribution in [0, 0.1) is 11.6 Å². The van der Waals surface area contributed by atoms with Crippen LogP contribution in [0.25, 0.3) is 0 Å². The molecule has 0 fully saturated rings. The number of carbonyl (C=O) groups excluding carboxylic acids is 1. The summed E-state index contributed by atoms with van der Waals surface area (Å²) in [6.45, 7) is 0.0980. The maximum Gasteiger partial charge on any atom is 0.306 e. The predicted octanol–water partition coefficient (Wildman–Crippen LogP) is 3.69. The lowest BCUT2D eigenvalue weighted by Crippen LogP contribution is -2.06. The van der Waals surface area contributed by atoms with E-state index >= 15 is 0 Å². The zero-order valence-electron chi connectivity index (χ0n) is 11.0. The van der Waals surface area contributed by atoms with Crippen LogP contribution in [0.4, 0.5) is 8.78 Å². The number of benzene rings is 1. The van der Waals surface area contributed by atoms with E-state index in [1.54, 1.807) is 12.1 Å². The highest BCUT2D eigenvalue weighted by molar-refractivity contribution is 6.29. The van der Waals surface area contributed by atoms with E-state index in [4.69, 9.17) is 16.3 Å². The second-order valence-electron chi connectivity index (χ2n) is 4.40. The summed E-state index contributed by atoms with van der Waals surface area (Å²) >= 11 is 5.64. The van der Waals surface area contributed by atoms with E-state index in [1.165, 1.54) is 12.3 Å². The Bertz CT molecular complexity index is 632. The van der Waals surface area contributed by atoms with Crippen molar-refractivity contribution >= 4 is 17.6 Å². The number of carbonyl (C=O) groups is 1. The van der Waals surface area contributed by atoms with E-state index < -0.39 is 17.6 Å². The number of halogens is 3. The summed E-state index contributed by atoms with van der Waals surface area (Å²) in [5.41, 5.74) is 1.26. The second-order valence-corrected chi connectivity index (χ2v) is 4.79. The smallest absolute Gasteiger partial charge is 0.306 e. The molecule has 2 aromatic rings. The Labute approximate surface area is 125 Å². The van der Waals surface area contributed by atoms with Crippen molar-refractivity contribution in [2.45, 2.75) is 19.4 Å². The van der Waals surface area contributed by atoms with Gasteiger partial charge < -0.3 is 4.74 Å². The number of esters is 1. The minimum atomic E-state index is -0.923. The van der Waals surface area contributed by atoms with Crippen molar-refractivity contribution in [1.29, 1.82) is 0 Å². The van der Waals surface area contributed by atoms with E-state index in [-0.39, 0.29) is 19.4 Å². The minimum absolute atomic E-state index is 0.0894. The zero-order chi connectivity index (χ0) is 15.2. The van der Waals surface area contributed by atoms with Crippen LogP contribution in [0.2, 0.25) is 5.15 Å². The summed E-state index contributed by atoms with van der Waals surface area (Å²) in [5.74, 6) is -2.25. The molecule has 0 atom stereocenters. The van der Waals surface area contributed by atoms with Gasteiger partial charge in [-0.3, -0.25) is 4.79 Å². The normalized spacial score (nSPS) is 10.4. The van der Waals surface area contributed by atoms with Gasteiger partial charge in [-0.2, -0.15) is 0 Å². The summed E-state index contributed by atoms with van der Waals surface area (Å²) in [6, 6.07) is 6.86. The molecule has 0 unspecified atom stereocenters. The first-order valence-electron chi connectivity index (χ1n) is 6.24. The molecule has 0 amide bonds. The molecule has 1 aromatic heterocycles. The monoisotopic (exact) mass is 311 g/mol. The Hall–Kier alpha value is -2.01. The van der Waals surface area contributed by atoms with Crippen LogP contribution in [0.5, 0.6) is 0 Å². The van der Waals surface area contributed by atoms with Crippen molar-refractivity contribution < 1.29 is 18.3 Å². The number of rotatable bonds is 5. The number of pyridine rings is 1. The largest absolute Gasteiger partial charge is 0.461 e. The molecule has 110 valence electrons. The van der Waals surface area contributed by atoms with Crippen molar-refractivity contribution in [3.63, 3.8) is 0 Å². The molecule has 6 heteroatoms. The number of aryl methyl sites for hydroxylation is 1. The van der Waals surface area contributed by atoms with Crippen LogP contribution >= 0.6 is 11.6 Å². The Morgan fingerprint density at radius 2 is 1.90 bits per heavy atom. The average molecular weight is 312 g/mol. The molecule has 0 aliphatic heterocycles. The van der Waals surface area contributed by atoms with Crippen LogP contribution < -0.4 is 0 Å². The average Bonchev–Trinajstić information content (AvgIpc) is 2.48. The van der Waals surface area contributed by atoms with Crippen LogP contribution in [-0.4, -0.2) is 11.0 Å². The van der Waals surface area contributed by atoms with E-state index in [0.717, 1.165) is 17.7 Å². The molecule has 1 heterocycles. The first kappa shape index (κ1) is 15.4. The summed E-state index contributed by atoms with van der Waals surface area (Å²) in [4.78, 5) is 15.4. The van der Waals surface area contributed by atoms with Crippen LogP contribution in [0.15, 0.2) is 36.5 Å². The fraction of sp³-hybridized carbons (Fsp3) is 0.200. The van der Waals surface area contributed by atoms with Gasteiger partial charge in [0.2, 0.25) is 0 Å². The Balaban J connectivity index is 1.79. The highest BCUT2D eigenvalue weighted by Crippen LogP contribution is 2.11. The van der Waals surface area contributed by atoms with Gasteiger partial charge in [-0.15, -0.1) is 0 Å². The standard InChI is InChI=1S/C15H12ClF2NO2/c16-14-5-2-11(8-19-14)9-21-15(20)6-3-10-1-4-12(17)13(18)7-10/h1-2,4-5,7-8H,3,6,9H2. The number of hydrogen-bond acceptors (Lipinski definition) is 3. The van der Waals surface area contributed by atoms with Gasteiger partial charge in [0.1, 0.15) is 11.8 Å². The lowest BCUT2D eigenvalue weighted by Gasteiger charge is -2.05. The number of aromatic nitrogens is 1. The lowest BCUT2D eigenvalue weighted by molar-refractivity contribution is -0.144. The van der Waals surface area contributed by atoms with Crippen molar-refractivity contribution in [3.8, 4) is 0 Å². The zero-order valence-corrected chi connectivity index (χ0v) is 11.7. The molecule has 0 N–H and O–H groups in total. The van der Waals surface area contributed by atoms with E-state index in [0.29, 0.717) is 10.7 Å². The fourth-order valence-electron chi connectivity index (χ4n) is 1.67. The van der Waals surface area contributed by atoms with Gasteiger partial charge in [0.05, 0.1) is 0 Å². The van der Waals surface area contributed by atoms with Gasteiger partial charge in [0.15, 0.2) is 11.6 Å². The Morgan fingerprint density at radius 1 is 1.14 bits per heavy atom. The summed E-state index contributed by atoms with van der Waals surface area (Å²) in [7, 11) is 0. The predicted molar refractivity (Wildman–Crippen MR) is 73.7 cm³/mol. The van der Waals surface area contributed by atoms with Gasteiger partial charge in [-0.1, -0.05) is 23.7 Å². The molecule has 2 rings (SSSR count). The SMILES string of the molecule is O=C(CCc1ccc(F)c(F)c1)OCc1ccc(Cl)nc1. The van der Waals surface area contributed by atoms with Gasteiger partial charge >= 0.3 is 5.97 Å². The van der Waals surface area contributed by atoms with Gasteiger partial charge in [-0.05, 0) is 30.2 Å². The van der Waals surface area contributed by atoms with Crippen LogP contribution in [0.3, 0.4) is 0 Å². The lowest BCUT2D eigenvalue weighted by atomic mass is 10.1. The Kier molecular flexibility index (Phi) is 5.22. The summed E-state index contributed by atoms with van der Waals surface area (Å²) < 4.78 is 30.8. The van der Waals surface area contributed by atoms with Gasteiger partial charge in [0, 0.05) is 18.2 Å². The van der Waals surface area contributed by atoms with Crippen molar-refractivity contribution in [2.75, 3.05) is 0 Å². The molecule has 21 heavy (non-hydrogen) atoms. The molecule has 1 aromatic carbocycles. The molecule has 0 aliphatic rings. The third-order valence-corrected chi connectivity index (χ3v) is 3.01. The minimum Gasteiger partial charge on any atom is -0.461 e. The molecule has 0 saturated heterocycles. The maximum atomic E-state index is 13.0. The molecule has 0 radical (unpaired) electrons. The van der Waals surface area contributed by atoms with Gasteiger partial charge in [-0.25, -0.2) is 13.8 Å². The second kappa shape index (κ2) is 7.13.